The number of hydrogen-bond donors (Lipinski definition) is 0. The Morgan fingerprint density at radius 2 is 1.73 bits per heavy atom. The minimum atomic E-state index is 0.175. The summed E-state index contributed by atoms with van der Waals surface area (Å²) < 4.78 is 7.34. The van der Waals surface area contributed by atoms with E-state index >= 15 is 0 Å². The molecule has 1 aliphatic heterocycles. The quantitative estimate of drug-likeness (QED) is 0.539. The van der Waals surface area contributed by atoms with E-state index in [9.17, 15) is 4.79 Å². The van der Waals surface area contributed by atoms with Gasteiger partial charge in [-0.25, -0.2) is 0 Å². The number of aromatic nitrogens is 3. The van der Waals surface area contributed by atoms with Crippen molar-refractivity contribution in [1.29, 1.82) is 0 Å². The third-order valence-corrected chi connectivity index (χ3v) is 6.18. The summed E-state index contributed by atoms with van der Waals surface area (Å²) in [7, 11) is 1.65. The molecular formula is C23H26N4O2S. The number of carbonyl (C=O) groups is 1. The SMILES string of the molecule is COc1ccc(-n2c(Cc3ccccc3)nnc2SCC(=O)N2CCCCC2)cc1. The van der Waals surface area contributed by atoms with Crippen molar-refractivity contribution in [2.24, 2.45) is 0 Å². The van der Waals surface area contributed by atoms with Crippen molar-refractivity contribution in [3.63, 3.8) is 0 Å². The molecule has 0 unspecified atom stereocenters. The molecule has 1 saturated heterocycles. The number of ether oxygens (including phenoxy) is 1. The van der Waals surface area contributed by atoms with Crippen LogP contribution in [0.4, 0.5) is 0 Å². The third kappa shape index (κ3) is 4.84. The molecule has 1 aliphatic rings. The van der Waals surface area contributed by atoms with Crippen LogP contribution in [-0.4, -0.2) is 51.5 Å². The van der Waals surface area contributed by atoms with Crippen LogP contribution in [0.1, 0.15) is 30.7 Å². The highest BCUT2D eigenvalue weighted by Gasteiger charge is 2.20. The molecule has 6 nitrogen and oxygen atoms in total. The zero-order valence-corrected chi connectivity index (χ0v) is 18.0. The van der Waals surface area contributed by atoms with Gasteiger partial charge in [0.05, 0.1) is 12.9 Å². The number of thioether (sulfide) groups is 1. The van der Waals surface area contributed by atoms with Crippen LogP contribution in [0.25, 0.3) is 5.69 Å². The van der Waals surface area contributed by atoms with Gasteiger partial charge in [-0.15, -0.1) is 10.2 Å². The highest BCUT2D eigenvalue weighted by Crippen LogP contribution is 2.25. The standard InChI is InChI=1S/C23H26N4O2S/c1-29-20-12-10-19(11-13-20)27-21(16-18-8-4-2-5-9-18)24-25-23(27)30-17-22(28)26-14-6-3-7-15-26/h2,4-5,8-13H,3,6-7,14-17H2,1H3. The van der Waals surface area contributed by atoms with Gasteiger partial charge in [0, 0.05) is 25.2 Å². The molecule has 2 aromatic carbocycles. The average molecular weight is 423 g/mol. The Morgan fingerprint density at radius 1 is 1.00 bits per heavy atom. The number of amides is 1. The number of likely N-dealkylation sites (tertiary alicyclic amines) is 1. The second-order valence-corrected chi connectivity index (χ2v) is 8.27. The zero-order valence-electron chi connectivity index (χ0n) is 17.2. The third-order valence-electron chi connectivity index (χ3n) is 5.27. The van der Waals surface area contributed by atoms with Gasteiger partial charge >= 0.3 is 0 Å². The maximum absolute atomic E-state index is 12.6. The second kappa shape index (κ2) is 9.80. The van der Waals surface area contributed by atoms with Crippen molar-refractivity contribution in [3.8, 4) is 11.4 Å². The lowest BCUT2D eigenvalue weighted by Crippen LogP contribution is -2.36. The average Bonchev–Trinajstić information content (AvgIpc) is 3.21. The van der Waals surface area contributed by atoms with Crippen LogP contribution in [0.2, 0.25) is 0 Å². The summed E-state index contributed by atoms with van der Waals surface area (Å²) in [5.41, 5.74) is 2.13. The van der Waals surface area contributed by atoms with E-state index < -0.39 is 0 Å². The number of benzene rings is 2. The van der Waals surface area contributed by atoms with E-state index in [1.54, 1.807) is 7.11 Å². The van der Waals surface area contributed by atoms with E-state index in [0.29, 0.717) is 12.2 Å². The molecule has 1 amide bonds. The highest BCUT2D eigenvalue weighted by atomic mass is 32.2. The smallest absolute Gasteiger partial charge is 0.233 e. The number of nitrogens with zero attached hydrogens (tertiary/aromatic N) is 4. The first-order valence-electron chi connectivity index (χ1n) is 10.3. The lowest BCUT2D eigenvalue weighted by Gasteiger charge is -2.26. The van der Waals surface area contributed by atoms with Gasteiger partial charge in [0.25, 0.3) is 0 Å². The Hall–Kier alpha value is -2.80. The molecule has 1 aromatic heterocycles. The van der Waals surface area contributed by atoms with Crippen molar-refractivity contribution >= 4 is 17.7 Å². The fourth-order valence-corrected chi connectivity index (χ4v) is 4.51. The van der Waals surface area contributed by atoms with Gasteiger partial charge in [0.2, 0.25) is 5.91 Å². The van der Waals surface area contributed by atoms with Gasteiger partial charge < -0.3 is 9.64 Å². The highest BCUT2D eigenvalue weighted by molar-refractivity contribution is 7.99. The van der Waals surface area contributed by atoms with E-state index in [0.717, 1.165) is 48.3 Å². The topological polar surface area (TPSA) is 60.2 Å². The molecule has 4 rings (SSSR count). The Balaban J connectivity index is 1.58. The van der Waals surface area contributed by atoms with E-state index in [2.05, 4.69) is 22.3 Å². The number of rotatable bonds is 7. The zero-order chi connectivity index (χ0) is 20.8. The first-order valence-corrected chi connectivity index (χ1v) is 11.3. The van der Waals surface area contributed by atoms with Crippen LogP contribution in [0, 0.1) is 0 Å². The van der Waals surface area contributed by atoms with Crippen molar-refractivity contribution in [1.82, 2.24) is 19.7 Å². The van der Waals surface area contributed by atoms with Gasteiger partial charge in [0.15, 0.2) is 5.16 Å². The summed E-state index contributed by atoms with van der Waals surface area (Å²) in [6, 6.07) is 18.1. The number of methoxy groups -OCH3 is 1. The van der Waals surface area contributed by atoms with Crippen molar-refractivity contribution in [2.45, 2.75) is 30.8 Å². The maximum Gasteiger partial charge on any atom is 0.233 e. The molecule has 0 saturated carbocycles. The maximum atomic E-state index is 12.6. The van der Waals surface area contributed by atoms with Crippen molar-refractivity contribution < 1.29 is 9.53 Å². The Labute approximate surface area is 181 Å². The molecule has 1 fully saturated rings. The molecule has 2 heterocycles. The monoisotopic (exact) mass is 422 g/mol. The molecule has 156 valence electrons. The van der Waals surface area contributed by atoms with Gasteiger partial charge in [-0.05, 0) is 49.1 Å². The van der Waals surface area contributed by atoms with Crippen molar-refractivity contribution in [3.05, 3.63) is 66.0 Å². The molecule has 0 bridgehead atoms. The molecule has 0 aliphatic carbocycles. The number of carbonyl (C=O) groups excluding carboxylic acids is 1. The predicted molar refractivity (Wildman–Crippen MR) is 118 cm³/mol. The minimum Gasteiger partial charge on any atom is -0.497 e. The summed E-state index contributed by atoms with van der Waals surface area (Å²) in [5.74, 6) is 2.19. The molecule has 0 N–H and O–H groups in total. The second-order valence-electron chi connectivity index (χ2n) is 7.32. The van der Waals surface area contributed by atoms with Crippen LogP contribution < -0.4 is 4.74 Å². The summed E-state index contributed by atoms with van der Waals surface area (Å²) in [4.78, 5) is 14.6. The van der Waals surface area contributed by atoms with Gasteiger partial charge in [0.1, 0.15) is 11.6 Å². The molecule has 30 heavy (non-hydrogen) atoms. The minimum absolute atomic E-state index is 0.175. The van der Waals surface area contributed by atoms with E-state index in [4.69, 9.17) is 4.74 Å². The van der Waals surface area contributed by atoms with E-state index in [-0.39, 0.29) is 5.91 Å². The summed E-state index contributed by atoms with van der Waals surface area (Å²) >= 11 is 1.45. The van der Waals surface area contributed by atoms with Crippen LogP contribution in [-0.2, 0) is 11.2 Å². The number of hydrogen-bond acceptors (Lipinski definition) is 5. The Morgan fingerprint density at radius 3 is 2.43 bits per heavy atom. The van der Waals surface area contributed by atoms with Crippen LogP contribution in [0.5, 0.6) is 5.75 Å². The fourth-order valence-electron chi connectivity index (χ4n) is 3.64. The number of piperidine rings is 1. The molecule has 3 aromatic rings. The first kappa shape index (κ1) is 20.5. The Bertz CT molecular complexity index is 967. The van der Waals surface area contributed by atoms with Crippen LogP contribution in [0.15, 0.2) is 59.8 Å². The van der Waals surface area contributed by atoms with Crippen LogP contribution in [0.3, 0.4) is 0 Å². The normalized spacial score (nSPS) is 14.0. The van der Waals surface area contributed by atoms with Crippen LogP contribution >= 0.6 is 11.8 Å². The molecular weight excluding hydrogens is 396 g/mol. The van der Waals surface area contributed by atoms with Gasteiger partial charge in [-0.1, -0.05) is 42.1 Å². The molecule has 0 spiro atoms. The van der Waals surface area contributed by atoms with Gasteiger partial charge in [-0.2, -0.15) is 0 Å². The molecule has 0 atom stereocenters. The lowest BCUT2D eigenvalue weighted by molar-refractivity contribution is -0.129. The van der Waals surface area contributed by atoms with Crippen molar-refractivity contribution in [2.75, 3.05) is 26.0 Å². The summed E-state index contributed by atoms with van der Waals surface area (Å²) in [5, 5.41) is 9.61. The van der Waals surface area contributed by atoms with E-state index in [1.807, 2.05) is 51.9 Å². The largest absolute Gasteiger partial charge is 0.497 e. The molecule has 0 radical (unpaired) electrons. The lowest BCUT2D eigenvalue weighted by atomic mass is 10.1. The van der Waals surface area contributed by atoms with Gasteiger partial charge in [-0.3, -0.25) is 9.36 Å². The summed E-state index contributed by atoms with van der Waals surface area (Å²) in [6.45, 7) is 1.73. The predicted octanol–water partition coefficient (Wildman–Crippen LogP) is 3.97. The van der Waals surface area contributed by atoms with E-state index in [1.165, 1.54) is 23.7 Å². The molecule has 7 heteroatoms. The fraction of sp³-hybridized carbons (Fsp3) is 0.348. The summed E-state index contributed by atoms with van der Waals surface area (Å²) in [6.07, 6.45) is 4.07. The first-order chi connectivity index (χ1) is 14.7. The Kier molecular flexibility index (Phi) is 6.69.